The zero-order valence-corrected chi connectivity index (χ0v) is 15.3. The van der Waals surface area contributed by atoms with Crippen molar-refractivity contribution in [3.8, 4) is 0 Å². The standard InChI is InChI=1S/C20H28N2O2/c1-14-9-18-16(11-20(23)24-19(18)10-15(14)2)12-22-8-6-5-7-17(13-22)21(3)4/h9-11,17H,5-8,12-13H2,1-4H3/t17-/m0/s1. The molecule has 1 aliphatic rings. The lowest BCUT2D eigenvalue weighted by Crippen LogP contribution is -2.38. The highest BCUT2D eigenvalue weighted by molar-refractivity contribution is 5.81. The van der Waals surface area contributed by atoms with Crippen LogP contribution in [0.15, 0.2) is 27.4 Å². The zero-order valence-electron chi connectivity index (χ0n) is 15.3. The summed E-state index contributed by atoms with van der Waals surface area (Å²) >= 11 is 0. The molecule has 0 radical (unpaired) electrons. The minimum Gasteiger partial charge on any atom is -0.423 e. The van der Waals surface area contributed by atoms with E-state index in [-0.39, 0.29) is 5.63 Å². The Hall–Kier alpha value is -1.65. The quantitative estimate of drug-likeness (QED) is 0.810. The minimum absolute atomic E-state index is 0.250. The van der Waals surface area contributed by atoms with Crippen molar-refractivity contribution in [1.82, 2.24) is 9.80 Å². The molecule has 1 saturated heterocycles. The van der Waals surface area contributed by atoms with E-state index in [4.69, 9.17) is 4.42 Å². The SMILES string of the molecule is Cc1cc2oc(=O)cc(CN3CCCC[C@H](N(C)C)C3)c2cc1C. The van der Waals surface area contributed by atoms with E-state index in [1.54, 1.807) is 6.07 Å². The van der Waals surface area contributed by atoms with Gasteiger partial charge in [0.05, 0.1) is 0 Å². The van der Waals surface area contributed by atoms with Gasteiger partial charge in [0.2, 0.25) is 0 Å². The average Bonchev–Trinajstić information content (AvgIpc) is 2.75. The molecule has 130 valence electrons. The Balaban J connectivity index is 1.94. The van der Waals surface area contributed by atoms with Crippen LogP contribution in [0.1, 0.15) is 36.0 Å². The third-order valence-corrected chi connectivity index (χ3v) is 5.30. The van der Waals surface area contributed by atoms with Gasteiger partial charge in [-0.15, -0.1) is 0 Å². The second-order valence-electron chi connectivity index (χ2n) is 7.37. The highest BCUT2D eigenvalue weighted by Crippen LogP contribution is 2.24. The summed E-state index contributed by atoms with van der Waals surface area (Å²) in [5.41, 5.74) is 3.94. The molecule has 0 unspecified atom stereocenters. The number of fused-ring (bicyclic) bond motifs is 1. The Morgan fingerprint density at radius 2 is 1.92 bits per heavy atom. The summed E-state index contributed by atoms with van der Waals surface area (Å²) in [6.07, 6.45) is 3.75. The first kappa shape index (κ1) is 17.2. The Morgan fingerprint density at radius 1 is 1.17 bits per heavy atom. The van der Waals surface area contributed by atoms with E-state index in [0.29, 0.717) is 11.6 Å². The lowest BCUT2D eigenvalue weighted by Gasteiger charge is -2.28. The fourth-order valence-electron chi connectivity index (χ4n) is 3.62. The second kappa shape index (κ2) is 7.08. The van der Waals surface area contributed by atoms with Crippen molar-refractivity contribution in [2.24, 2.45) is 0 Å². The molecule has 0 saturated carbocycles. The summed E-state index contributed by atoms with van der Waals surface area (Å²) in [5.74, 6) is 0. The topological polar surface area (TPSA) is 36.7 Å². The van der Waals surface area contributed by atoms with E-state index in [1.807, 2.05) is 6.07 Å². The maximum Gasteiger partial charge on any atom is 0.336 e. The van der Waals surface area contributed by atoms with Gasteiger partial charge < -0.3 is 9.32 Å². The fourth-order valence-corrected chi connectivity index (χ4v) is 3.62. The van der Waals surface area contributed by atoms with Crippen LogP contribution in [0.4, 0.5) is 0 Å². The van der Waals surface area contributed by atoms with E-state index in [1.165, 1.54) is 24.8 Å². The number of benzene rings is 1. The smallest absolute Gasteiger partial charge is 0.336 e. The summed E-state index contributed by atoms with van der Waals surface area (Å²) in [6, 6.07) is 6.40. The first-order chi connectivity index (χ1) is 11.4. The van der Waals surface area contributed by atoms with Crippen LogP contribution in [0, 0.1) is 13.8 Å². The van der Waals surface area contributed by atoms with Gasteiger partial charge in [0, 0.05) is 30.6 Å². The summed E-state index contributed by atoms with van der Waals surface area (Å²) in [5, 5.41) is 1.07. The number of likely N-dealkylation sites (N-methyl/N-ethyl adjacent to an activating group) is 1. The van der Waals surface area contributed by atoms with Crippen molar-refractivity contribution in [3.63, 3.8) is 0 Å². The molecule has 1 aromatic carbocycles. The van der Waals surface area contributed by atoms with Gasteiger partial charge >= 0.3 is 5.63 Å². The normalized spacial score (nSPS) is 19.8. The van der Waals surface area contributed by atoms with Gasteiger partial charge in [-0.2, -0.15) is 0 Å². The molecule has 24 heavy (non-hydrogen) atoms. The summed E-state index contributed by atoms with van der Waals surface area (Å²) in [7, 11) is 4.32. The molecule has 4 heteroatoms. The van der Waals surface area contributed by atoms with E-state index in [2.05, 4.69) is 43.8 Å². The molecule has 1 aromatic heterocycles. The molecule has 3 rings (SSSR count). The molecule has 4 nitrogen and oxygen atoms in total. The molecule has 0 aliphatic carbocycles. The van der Waals surface area contributed by atoms with Crippen LogP contribution < -0.4 is 5.63 Å². The Kier molecular flexibility index (Phi) is 5.07. The van der Waals surface area contributed by atoms with Crippen molar-refractivity contribution in [1.29, 1.82) is 0 Å². The van der Waals surface area contributed by atoms with Crippen LogP contribution in [-0.2, 0) is 6.54 Å². The van der Waals surface area contributed by atoms with Gasteiger partial charge in [-0.05, 0) is 76.2 Å². The Morgan fingerprint density at radius 3 is 2.67 bits per heavy atom. The van der Waals surface area contributed by atoms with Crippen LogP contribution in [0.3, 0.4) is 0 Å². The largest absolute Gasteiger partial charge is 0.423 e. The van der Waals surface area contributed by atoms with Gasteiger partial charge in [-0.1, -0.05) is 6.42 Å². The lowest BCUT2D eigenvalue weighted by atomic mass is 10.0. The molecule has 2 heterocycles. The van der Waals surface area contributed by atoms with E-state index in [9.17, 15) is 4.79 Å². The average molecular weight is 328 g/mol. The minimum atomic E-state index is -0.250. The van der Waals surface area contributed by atoms with Gasteiger partial charge in [0.25, 0.3) is 0 Å². The molecule has 2 aromatic rings. The van der Waals surface area contributed by atoms with Crippen LogP contribution in [0.2, 0.25) is 0 Å². The van der Waals surface area contributed by atoms with Crippen molar-refractivity contribution < 1.29 is 4.42 Å². The lowest BCUT2D eigenvalue weighted by molar-refractivity contribution is 0.191. The monoisotopic (exact) mass is 328 g/mol. The van der Waals surface area contributed by atoms with Crippen molar-refractivity contribution in [3.05, 3.63) is 45.3 Å². The molecule has 0 amide bonds. The van der Waals surface area contributed by atoms with Crippen LogP contribution in [0.25, 0.3) is 11.0 Å². The van der Waals surface area contributed by atoms with Crippen LogP contribution in [0.5, 0.6) is 0 Å². The first-order valence-electron chi connectivity index (χ1n) is 8.87. The molecular formula is C20H28N2O2. The number of nitrogens with zero attached hydrogens (tertiary/aromatic N) is 2. The number of rotatable bonds is 3. The van der Waals surface area contributed by atoms with Gasteiger partial charge in [0.15, 0.2) is 0 Å². The number of hydrogen-bond acceptors (Lipinski definition) is 4. The van der Waals surface area contributed by atoms with E-state index < -0.39 is 0 Å². The third-order valence-electron chi connectivity index (χ3n) is 5.30. The zero-order chi connectivity index (χ0) is 17.3. The van der Waals surface area contributed by atoms with Gasteiger partial charge in [-0.25, -0.2) is 4.79 Å². The molecule has 0 bridgehead atoms. The Labute approximate surface area is 144 Å². The molecule has 1 atom stereocenters. The van der Waals surface area contributed by atoms with Crippen molar-refractivity contribution in [2.45, 2.75) is 45.7 Å². The molecule has 1 aliphatic heterocycles. The maximum atomic E-state index is 12.0. The third kappa shape index (κ3) is 3.70. The van der Waals surface area contributed by atoms with Gasteiger partial charge in [0.1, 0.15) is 5.58 Å². The maximum absolute atomic E-state index is 12.0. The van der Waals surface area contributed by atoms with Crippen LogP contribution in [-0.4, -0.2) is 43.0 Å². The highest BCUT2D eigenvalue weighted by atomic mass is 16.4. The fraction of sp³-hybridized carbons (Fsp3) is 0.550. The Bertz CT molecular complexity index is 779. The predicted octanol–water partition coefficient (Wildman–Crippen LogP) is 3.33. The highest BCUT2D eigenvalue weighted by Gasteiger charge is 2.20. The number of hydrogen-bond donors (Lipinski definition) is 0. The molecule has 0 N–H and O–H groups in total. The predicted molar refractivity (Wildman–Crippen MR) is 98.6 cm³/mol. The summed E-state index contributed by atoms with van der Waals surface area (Å²) < 4.78 is 5.43. The molecule has 0 spiro atoms. The number of aryl methyl sites for hydroxylation is 2. The van der Waals surface area contributed by atoms with Crippen molar-refractivity contribution >= 4 is 11.0 Å². The summed E-state index contributed by atoms with van der Waals surface area (Å²) in [6.45, 7) is 7.13. The first-order valence-corrected chi connectivity index (χ1v) is 8.87. The molecule has 1 fully saturated rings. The van der Waals surface area contributed by atoms with Crippen molar-refractivity contribution in [2.75, 3.05) is 27.2 Å². The van der Waals surface area contributed by atoms with E-state index >= 15 is 0 Å². The molecular weight excluding hydrogens is 300 g/mol. The summed E-state index contributed by atoms with van der Waals surface area (Å²) in [4.78, 5) is 16.8. The number of likely N-dealkylation sites (tertiary alicyclic amines) is 1. The van der Waals surface area contributed by atoms with Crippen LogP contribution >= 0.6 is 0 Å². The van der Waals surface area contributed by atoms with E-state index in [0.717, 1.165) is 36.1 Å². The second-order valence-corrected chi connectivity index (χ2v) is 7.37. The van der Waals surface area contributed by atoms with Gasteiger partial charge in [-0.3, -0.25) is 4.90 Å².